The molecule has 1 spiro atoms. The van der Waals surface area contributed by atoms with Crippen molar-refractivity contribution in [2.45, 2.75) is 38.4 Å². The summed E-state index contributed by atoms with van der Waals surface area (Å²) in [5, 5.41) is 0. The Hall–Kier alpha value is -2.64. The third-order valence-corrected chi connectivity index (χ3v) is 6.64. The number of carbonyl (C=O) groups is 1. The first-order valence-electron chi connectivity index (χ1n) is 10.5. The molecule has 3 aliphatic heterocycles. The molecule has 7 heteroatoms. The number of amides is 1. The lowest BCUT2D eigenvalue weighted by Gasteiger charge is -2.39. The topological polar surface area (TPSA) is 86.9 Å². The maximum absolute atomic E-state index is 12.3. The fourth-order valence-corrected chi connectivity index (χ4v) is 4.78. The Morgan fingerprint density at radius 2 is 1.80 bits per heavy atom. The van der Waals surface area contributed by atoms with Gasteiger partial charge >= 0.3 is 0 Å². The van der Waals surface area contributed by atoms with Crippen LogP contribution in [0.2, 0.25) is 0 Å². The number of para-hydroxylation sites is 1. The van der Waals surface area contributed by atoms with Crippen LogP contribution in [0.3, 0.4) is 0 Å². The number of primary amides is 1. The van der Waals surface area contributed by atoms with Gasteiger partial charge in [-0.05, 0) is 18.2 Å². The summed E-state index contributed by atoms with van der Waals surface area (Å²) in [4.78, 5) is 19.4. The van der Waals surface area contributed by atoms with Gasteiger partial charge in [-0.15, -0.1) is 0 Å². The summed E-state index contributed by atoms with van der Waals surface area (Å²) >= 11 is 0. The summed E-state index contributed by atoms with van der Waals surface area (Å²) in [7, 11) is 0. The Kier molecular flexibility index (Phi) is 4.48. The molecule has 2 aromatic rings. The minimum Gasteiger partial charge on any atom is -0.438 e. The summed E-state index contributed by atoms with van der Waals surface area (Å²) in [6, 6.07) is 11.8. The Bertz CT molecular complexity index is 974. The predicted molar refractivity (Wildman–Crippen MR) is 112 cm³/mol. The van der Waals surface area contributed by atoms with Crippen LogP contribution in [0.5, 0.6) is 11.6 Å². The number of nitrogens with two attached hydrogens (primary N) is 1. The van der Waals surface area contributed by atoms with Gasteiger partial charge < -0.3 is 24.8 Å². The van der Waals surface area contributed by atoms with E-state index in [9.17, 15) is 4.79 Å². The summed E-state index contributed by atoms with van der Waals surface area (Å²) in [6.45, 7) is 6.71. The van der Waals surface area contributed by atoms with Crippen molar-refractivity contribution in [2.24, 2.45) is 11.1 Å². The van der Waals surface area contributed by atoms with E-state index < -0.39 is 11.2 Å². The highest BCUT2D eigenvalue weighted by Crippen LogP contribution is 2.51. The quantitative estimate of drug-likeness (QED) is 0.838. The summed E-state index contributed by atoms with van der Waals surface area (Å²) in [5.74, 6) is 1.13. The van der Waals surface area contributed by atoms with Crippen molar-refractivity contribution < 1.29 is 19.0 Å². The van der Waals surface area contributed by atoms with E-state index in [1.807, 2.05) is 50.2 Å². The van der Waals surface area contributed by atoms with Crippen molar-refractivity contribution >= 4 is 11.7 Å². The zero-order valence-corrected chi connectivity index (χ0v) is 17.4. The van der Waals surface area contributed by atoms with Gasteiger partial charge in [0.1, 0.15) is 11.6 Å². The molecule has 3 aliphatic rings. The van der Waals surface area contributed by atoms with Crippen molar-refractivity contribution in [3.05, 3.63) is 47.5 Å². The van der Waals surface area contributed by atoms with Crippen molar-refractivity contribution in [3.8, 4) is 11.6 Å². The van der Waals surface area contributed by atoms with E-state index in [1.165, 1.54) is 0 Å². The summed E-state index contributed by atoms with van der Waals surface area (Å²) in [6.07, 6.45) is 1.62. The molecule has 2 N–H and O–H groups in total. The second-order valence-corrected chi connectivity index (χ2v) is 8.82. The van der Waals surface area contributed by atoms with E-state index in [2.05, 4.69) is 4.90 Å². The highest BCUT2D eigenvalue weighted by atomic mass is 16.7. The number of hydrogen-bond acceptors (Lipinski definition) is 6. The van der Waals surface area contributed by atoms with E-state index in [-0.39, 0.29) is 11.8 Å². The molecular weight excluding hydrogens is 382 g/mol. The fourth-order valence-electron chi connectivity index (χ4n) is 4.78. The lowest BCUT2D eigenvalue weighted by Crippen LogP contribution is -2.45. The molecule has 1 atom stereocenters. The highest BCUT2D eigenvalue weighted by molar-refractivity contribution is 5.82. The van der Waals surface area contributed by atoms with Crippen LogP contribution in [0.25, 0.3) is 0 Å². The molecule has 0 saturated carbocycles. The Morgan fingerprint density at radius 3 is 2.50 bits per heavy atom. The second kappa shape index (κ2) is 6.96. The van der Waals surface area contributed by atoms with Gasteiger partial charge in [0.2, 0.25) is 11.8 Å². The van der Waals surface area contributed by atoms with Gasteiger partial charge in [-0.25, -0.2) is 0 Å². The van der Waals surface area contributed by atoms with E-state index >= 15 is 0 Å². The second-order valence-electron chi connectivity index (χ2n) is 8.82. The maximum atomic E-state index is 12.3. The molecule has 30 heavy (non-hydrogen) atoms. The van der Waals surface area contributed by atoms with E-state index in [0.717, 1.165) is 48.6 Å². The standard InChI is InChI=1S/C23H27N3O4/c1-22(2,21(24)27)19-15-5-3-4-6-17(15)30-20-16(19)7-8-18(25-20)26-11-9-23(10-12-26)28-13-14-29-23/h3-8,19H,9-14H2,1-2H3,(H2,24,27)/t19-/m1/s1. The largest absolute Gasteiger partial charge is 0.438 e. The fraction of sp³-hybridized carbons (Fsp3) is 0.478. The first-order chi connectivity index (χ1) is 14.4. The molecule has 7 nitrogen and oxygen atoms in total. The van der Waals surface area contributed by atoms with Crippen LogP contribution >= 0.6 is 0 Å². The zero-order chi connectivity index (χ0) is 20.9. The highest BCUT2D eigenvalue weighted by Gasteiger charge is 2.44. The lowest BCUT2D eigenvalue weighted by atomic mass is 9.70. The van der Waals surface area contributed by atoms with Crippen molar-refractivity contribution in [2.75, 3.05) is 31.2 Å². The van der Waals surface area contributed by atoms with E-state index in [4.69, 9.17) is 24.9 Å². The van der Waals surface area contributed by atoms with Crippen LogP contribution in [0.1, 0.15) is 43.7 Å². The normalized spacial score (nSPS) is 22.3. The molecule has 2 fully saturated rings. The van der Waals surface area contributed by atoms with E-state index in [1.54, 1.807) is 0 Å². The Balaban J connectivity index is 1.48. The molecule has 0 bridgehead atoms. The summed E-state index contributed by atoms with van der Waals surface area (Å²) < 4.78 is 17.8. The van der Waals surface area contributed by atoms with Gasteiger partial charge in [0.05, 0.1) is 18.6 Å². The van der Waals surface area contributed by atoms with Crippen molar-refractivity contribution in [3.63, 3.8) is 0 Å². The monoisotopic (exact) mass is 409 g/mol. The zero-order valence-electron chi connectivity index (χ0n) is 17.4. The molecule has 5 rings (SSSR count). The molecule has 0 aliphatic carbocycles. The smallest absolute Gasteiger partial charge is 0.225 e. The number of anilines is 1. The number of aromatic nitrogens is 1. The SMILES string of the molecule is CC(C)(C(N)=O)[C@@H]1c2ccccc2Oc2nc(N3CCC4(CC3)OCCO4)ccc21. The average molecular weight is 409 g/mol. The minimum absolute atomic E-state index is 0.221. The predicted octanol–water partition coefficient (Wildman–Crippen LogP) is 3.17. The van der Waals surface area contributed by atoms with Crippen LogP contribution in [-0.2, 0) is 14.3 Å². The molecule has 0 radical (unpaired) electrons. The first kappa shape index (κ1) is 19.3. The Labute approximate surface area is 176 Å². The van der Waals surface area contributed by atoms with Gasteiger partial charge in [-0.1, -0.05) is 32.0 Å². The number of ether oxygens (including phenoxy) is 3. The Morgan fingerprint density at radius 1 is 1.10 bits per heavy atom. The number of pyridine rings is 1. The number of rotatable bonds is 3. The van der Waals surface area contributed by atoms with Crippen LogP contribution in [-0.4, -0.2) is 43.0 Å². The maximum Gasteiger partial charge on any atom is 0.225 e. The molecule has 0 unspecified atom stereocenters. The number of carbonyl (C=O) groups excluding carboxylic acids is 1. The van der Waals surface area contributed by atoms with Gasteiger partial charge in [-0.2, -0.15) is 4.98 Å². The van der Waals surface area contributed by atoms with Gasteiger partial charge in [0, 0.05) is 43.0 Å². The minimum atomic E-state index is -0.785. The van der Waals surface area contributed by atoms with Gasteiger partial charge in [0.25, 0.3) is 0 Å². The molecule has 2 saturated heterocycles. The van der Waals surface area contributed by atoms with Gasteiger partial charge in [0.15, 0.2) is 5.79 Å². The molecule has 1 aromatic heterocycles. The van der Waals surface area contributed by atoms with Crippen LogP contribution in [0, 0.1) is 5.41 Å². The number of hydrogen-bond donors (Lipinski definition) is 1. The first-order valence-corrected chi connectivity index (χ1v) is 10.5. The van der Waals surface area contributed by atoms with Crippen molar-refractivity contribution in [1.29, 1.82) is 0 Å². The molecule has 158 valence electrons. The third kappa shape index (κ3) is 3.04. The molecule has 4 heterocycles. The van der Waals surface area contributed by atoms with E-state index in [0.29, 0.717) is 19.1 Å². The van der Waals surface area contributed by atoms with Gasteiger partial charge in [-0.3, -0.25) is 4.79 Å². The molecular formula is C23H27N3O4. The van der Waals surface area contributed by atoms with Crippen LogP contribution in [0.4, 0.5) is 5.82 Å². The van der Waals surface area contributed by atoms with Crippen LogP contribution < -0.4 is 15.4 Å². The number of benzene rings is 1. The summed E-state index contributed by atoms with van der Waals surface area (Å²) in [5.41, 5.74) is 6.85. The number of nitrogens with zero attached hydrogens (tertiary/aromatic N) is 2. The number of piperidine rings is 1. The van der Waals surface area contributed by atoms with Crippen LogP contribution in [0.15, 0.2) is 36.4 Å². The molecule has 1 aromatic carbocycles. The lowest BCUT2D eigenvalue weighted by molar-refractivity contribution is -0.169. The average Bonchev–Trinajstić information content (AvgIpc) is 3.19. The number of fused-ring (bicyclic) bond motifs is 2. The van der Waals surface area contributed by atoms with Crippen molar-refractivity contribution in [1.82, 2.24) is 4.98 Å². The molecule has 1 amide bonds. The third-order valence-electron chi connectivity index (χ3n) is 6.64.